The Labute approximate surface area is 94.8 Å². The fraction of sp³-hybridized carbons (Fsp3) is 0.333. The summed E-state index contributed by atoms with van der Waals surface area (Å²) >= 11 is 6.28. The Morgan fingerprint density at radius 3 is 2.80 bits per heavy atom. The number of fused-ring (bicyclic) bond motifs is 1. The quantitative estimate of drug-likeness (QED) is 0.827. The van der Waals surface area contributed by atoms with E-state index in [0.29, 0.717) is 0 Å². The molecule has 2 nitrogen and oxygen atoms in total. The van der Waals surface area contributed by atoms with Crippen LogP contribution in [0, 0.1) is 6.92 Å². The summed E-state index contributed by atoms with van der Waals surface area (Å²) in [6, 6.07) is 6.41. The van der Waals surface area contributed by atoms with Crippen molar-refractivity contribution in [2.45, 2.75) is 13.5 Å². The van der Waals surface area contributed by atoms with E-state index in [-0.39, 0.29) is 0 Å². The minimum Gasteiger partial charge on any atom is -0.346 e. The third-order valence-electron chi connectivity index (χ3n) is 2.86. The summed E-state index contributed by atoms with van der Waals surface area (Å²) in [4.78, 5) is 0. The Morgan fingerprint density at radius 2 is 2.13 bits per heavy atom. The molecule has 80 valence electrons. The lowest BCUT2D eigenvalue weighted by Gasteiger charge is -2.01. The van der Waals surface area contributed by atoms with Crippen LogP contribution in [0.15, 0.2) is 18.2 Å². The van der Waals surface area contributed by atoms with Crippen LogP contribution in [0.1, 0.15) is 11.3 Å². The molecule has 0 radical (unpaired) electrons. The van der Waals surface area contributed by atoms with Gasteiger partial charge >= 0.3 is 0 Å². The number of hydrogen-bond donors (Lipinski definition) is 1. The summed E-state index contributed by atoms with van der Waals surface area (Å²) < 4.78 is 2.13. The van der Waals surface area contributed by atoms with E-state index in [4.69, 9.17) is 11.6 Å². The Morgan fingerprint density at radius 1 is 1.40 bits per heavy atom. The van der Waals surface area contributed by atoms with Crippen molar-refractivity contribution in [1.82, 2.24) is 9.88 Å². The number of aromatic nitrogens is 1. The monoisotopic (exact) mass is 222 g/mol. The molecule has 0 saturated heterocycles. The van der Waals surface area contributed by atoms with Gasteiger partial charge in [-0.15, -0.1) is 0 Å². The van der Waals surface area contributed by atoms with Gasteiger partial charge in [-0.1, -0.05) is 17.7 Å². The first-order valence-electron chi connectivity index (χ1n) is 5.03. The second-order valence-electron chi connectivity index (χ2n) is 3.84. The van der Waals surface area contributed by atoms with Crippen LogP contribution in [-0.4, -0.2) is 11.6 Å². The van der Waals surface area contributed by atoms with Gasteiger partial charge in [0.2, 0.25) is 0 Å². The predicted molar refractivity (Wildman–Crippen MR) is 65.4 cm³/mol. The van der Waals surface area contributed by atoms with Gasteiger partial charge in [-0.2, -0.15) is 0 Å². The van der Waals surface area contributed by atoms with E-state index in [0.717, 1.165) is 22.6 Å². The van der Waals surface area contributed by atoms with E-state index in [2.05, 4.69) is 28.1 Å². The minimum absolute atomic E-state index is 0.866. The molecule has 1 N–H and O–H groups in total. The molecule has 0 aliphatic rings. The van der Waals surface area contributed by atoms with Crippen LogP contribution in [0.5, 0.6) is 0 Å². The summed E-state index contributed by atoms with van der Waals surface area (Å²) in [5, 5.41) is 5.15. The molecule has 1 heterocycles. The number of nitrogens with zero attached hydrogens (tertiary/aromatic N) is 1. The average molecular weight is 223 g/mol. The highest BCUT2D eigenvalue weighted by molar-refractivity contribution is 6.36. The highest BCUT2D eigenvalue weighted by Gasteiger charge is 2.09. The maximum Gasteiger partial charge on any atom is 0.0691 e. The Balaban J connectivity index is 2.66. The second kappa shape index (κ2) is 3.87. The van der Waals surface area contributed by atoms with Gasteiger partial charge in [-0.3, -0.25) is 0 Å². The lowest BCUT2D eigenvalue weighted by atomic mass is 10.1. The summed E-state index contributed by atoms with van der Waals surface area (Å²) in [5.74, 6) is 0. The van der Waals surface area contributed by atoms with Crippen molar-refractivity contribution in [2.24, 2.45) is 7.05 Å². The molecule has 1 aromatic heterocycles. The van der Waals surface area contributed by atoms with Crippen LogP contribution in [0.2, 0.25) is 5.02 Å². The van der Waals surface area contributed by atoms with Crippen LogP contribution in [-0.2, 0) is 13.6 Å². The third-order valence-corrected chi connectivity index (χ3v) is 3.34. The molecule has 0 atom stereocenters. The first-order valence-corrected chi connectivity index (χ1v) is 5.41. The smallest absolute Gasteiger partial charge is 0.0691 e. The van der Waals surface area contributed by atoms with E-state index in [1.807, 2.05) is 21.0 Å². The molecule has 15 heavy (non-hydrogen) atoms. The van der Waals surface area contributed by atoms with Crippen LogP contribution >= 0.6 is 11.6 Å². The van der Waals surface area contributed by atoms with Crippen molar-refractivity contribution in [2.75, 3.05) is 7.05 Å². The maximum absolute atomic E-state index is 6.28. The molecule has 1 aromatic carbocycles. The predicted octanol–water partition coefficient (Wildman–Crippen LogP) is 2.86. The molecule has 0 aliphatic carbocycles. The molecule has 0 spiro atoms. The van der Waals surface area contributed by atoms with Crippen molar-refractivity contribution in [3.8, 4) is 0 Å². The Kier molecular flexibility index (Phi) is 2.72. The van der Waals surface area contributed by atoms with Gasteiger partial charge in [0.05, 0.1) is 5.02 Å². The minimum atomic E-state index is 0.866. The first kappa shape index (κ1) is 10.5. The number of benzene rings is 1. The zero-order chi connectivity index (χ0) is 11.0. The maximum atomic E-state index is 6.28. The average Bonchev–Trinajstić information content (AvgIpc) is 2.45. The summed E-state index contributed by atoms with van der Waals surface area (Å²) in [6.45, 7) is 2.92. The molecule has 0 amide bonds. The zero-order valence-electron chi connectivity index (χ0n) is 9.26. The van der Waals surface area contributed by atoms with Gasteiger partial charge < -0.3 is 9.88 Å². The van der Waals surface area contributed by atoms with Crippen LogP contribution < -0.4 is 5.32 Å². The van der Waals surface area contributed by atoms with Crippen molar-refractivity contribution < 1.29 is 0 Å². The lowest BCUT2D eigenvalue weighted by Crippen LogP contribution is -2.04. The van der Waals surface area contributed by atoms with E-state index >= 15 is 0 Å². The zero-order valence-corrected chi connectivity index (χ0v) is 10.0. The van der Waals surface area contributed by atoms with Gasteiger partial charge in [0.25, 0.3) is 0 Å². The largest absolute Gasteiger partial charge is 0.346 e. The second-order valence-corrected chi connectivity index (χ2v) is 4.22. The fourth-order valence-electron chi connectivity index (χ4n) is 1.89. The number of rotatable bonds is 2. The first-order chi connectivity index (χ1) is 7.15. The lowest BCUT2D eigenvalue weighted by molar-refractivity contribution is 0.819. The highest BCUT2D eigenvalue weighted by Crippen LogP contribution is 2.29. The molecule has 0 fully saturated rings. The molecular weight excluding hydrogens is 208 g/mol. The molecule has 0 aliphatic heterocycles. The van der Waals surface area contributed by atoms with E-state index < -0.39 is 0 Å². The molecule has 0 unspecified atom stereocenters. The Bertz CT molecular complexity index is 500. The number of hydrogen-bond acceptors (Lipinski definition) is 1. The molecule has 3 heteroatoms. The molecule has 0 bridgehead atoms. The van der Waals surface area contributed by atoms with Crippen LogP contribution in [0.25, 0.3) is 10.9 Å². The number of aryl methyl sites for hydroxylation is 1. The van der Waals surface area contributed by atoms with E-state index in [1.54, 1.807) is 0 Å². The van der Waals surface area contributed by atoms with E-state index in [1.165, 1.54) is 11.1 Å². The van der Waals surface area contributed by atoms with Crippen molar-refractivity contribution >= 4 is 22.5 Å². The van der Waals surface area contributed by atoms with Gasteiger partial charge in [-0.05, 0) is 31.7 Å². The van der Waals surface area contributed by atoms with E-state index in [9.17, 15) is 0 Å². The number of nitrogens with one attached hydrogen (secondary N) is 1. The summed E-state index contributed by atoms with van der Waals surface area (Å²) in [7, 11) is 3.99. The Hall–Kier alpha value is -0.990. The molecular formula is C12H15ClN2. The van der Waals surface area contributed by atoms with Gasteiger partial charge in [0.1, 0.15) is 0 Å². The normalized spacial score (nSPS) is 11.2. The third kappa shape index (κ3) is 1.64. The molecule has 2 rings (SSSR count). The van der Waals surface area contributed by atoms with Crippen LogP contribution in [0.4, 0.5) is 0 Å². The topological polar surface area (TPSA) is 17.0 Å². The fourth-order valence-corrected chi connectivity index (χ4v) is 2.17. The van der Waals surface area contributed by atoms with Crippen molar-refractivity contribution in [3.05, 3.63) is 34.5 Å². The van der Waals surface area contributed by atoms with Crippen molar-refractivity contribution in [3.63, 3.8) is 0 Å². The SMILES string of the molecule is CNCc1ccc2c(c1)c(Cl)c(C)n2C. The summed E-state index contributed by atoms with van der Waals surface area (Å²) in [5.41, 5.74) is 3.57. The molecule has 0 saturated carbocycles. The summed E-state index contributed by atoms with van der Waals surface area (Å²) in [6.07, 6.45) is 0. The van der Waals surface area contributed by atoms with Gasteiger partial charge in [-0.25, -0.2) is 0 Å². The van der Waals surface area contributed by atoms with Gasteiger partial charge in [0, 0.05) is 30.2 Å². The van der Waals surface area contributed by atoms with Crippen molar-refractivity contribution in [1.29, 1.82) is 0 Å². The standard InChI is InChI=1S/C12H15ClN2/c1-8-12(13)10-6-9(7-14-2)4-5-11(10)15(8)3/h4-6,14H,7H2,1-3H3. The molecule has 2 aromatic rings. The van der Waals surface area contributed by atoms with Gasteiger partial charge in [0.15, 0.2) is 0 Å². The highest BCUT2D eigenvalue weighted by atomic mass is 35.5. The van der Waals surface area contributed by atoms with Crippen LogP contribution in [0.3, 0.4) is 0 Å². The number of halogens is 1.